The monoisotopic (exact) mass is 311 g/mol. The van der Waals surface area contributed by atoms with Crippen molar-refractivity contribution in [3.05, 3.63) is 60.2 Å². The van der Waals surface area contributed by atoms with E-state index in [4.69, 9.17) is 9.47 Å². The second-order valence-corrected chi connectivity index (χ2v) is 5.74. The van der Waals surface area contributed by atoms with Crippen molar-refractivity contribution in [3.8, 4) is 5.75 Å². The van der Waals surface area contributed by atoms with Gasteiger partial charge in [0.15, 0.2) is 0 Å². The Kier molecular flexibility index (Phi) is 4.63. The van der Waals surface area contributed by atoms with Gasteiger partial charge in [0.05, 0.1) is 12.5 Å². The van der Waals surface area contributed by atoms with Gasteiger partial charge in [0, 0.05) is 18.9 Å². The summed E-state index contributed by atoms with van der Waals surface area (Å²) in [6.45, 7) is 1.20. The normalized spacial score (nSPS) is 16.6. The minimum Gasteiger partial charge on any atom is -0.497 e. The molecule has 1 aliphatic heterocycles. The molecule has 0 radical (unpaired) electrons. The fourth-order valence-electron chi connectivity index (χ4n) is 3.05. The van der Waals surface area contributed by atoms with Gasteiger partial charge in [0.25, 0.3) is 0 Å². The topological polar surface area (TPSA) is 47.6 Å². The number of carbonyl (C=O) groups excluding carboxylic acids is 1. The summed E-state index contributed by atoms with van der Waals surface area (Å²) >= 11 is 0. The molecule has 1 amide bonds. The van der Waals surface area contributed by atoms with E-state index in [1.807, 2.05) is 54.6 Å². The van der Waals surface area contributed by atoms with E-state index in [1.54, 1.807) is 7.11 Å². The Morgan fingerprint density at radius 3 is 2.30 bits per heavy atom. The first-order valence-corrected chi connectivity index (χ1v) is 7.83. The molecule has 0 bridgehead atoms. The summed E-state index contributed by atoms with van der Waals surface area (Å²) in [5.41, 5.74) is 1.30. The van der Waals surface area contributed by atoms with Crippen molar-refractivity contribution in [1.82, 2.24) is 0 Å². The smallest absolute Gasteiger partial charge is 0.235 e. The Hall–Kier alpha value is -2.33. The molecular formula is C19H21NO3. The van der Waals surface area contributed by atoms with Gasteiger partial charge in [-0.2, -0.15) is 0 Å². The average Bonchev–Trinajstić information content (AvgIpc) is 2.63. The zero-order valence-electron chi connectivity index (χ0n) is 13.2. The highest BCUT2D eigenvalue weighted by molar-refractivity contribution is 5.99. The van der Waals surface area contributed by atoms with E-state index in [2.05, 4.69) is 5.32 Å². The molecule has 3 rings (SSSR count). The predicted octanol–water partition coefficient (Wildman–Crippen LogP) is 3.38. The minimum absolute atomic E-state index is 0.0252. The molecule has 1 heterocycles. The number of carbonyl (C=O) groups is 1. The molecule has 0 unspecified atom stereocenters. The standard InChI is InChI=1S/C19H21NO3/c1-22-17-9-7-16(8-10-17)20-18(21)19(11-13-23-14-12-19)15-5-3-2-4-6-15/h2-10H,11-14H2,1H3,(H,20,21). The number of ether oxygens (including phenoxy) is 2. The zero-order chi connectivity index (χ0) is 16.1. The lowest BCUT2D eigenvalue weighted by molar-refractivity contribution is -0.125. The fourth-order valence-corrected chi connectivity index (χ4v) is 3.05. The summed E-state index contributed by atoms with van der Waals surface area (Å²) in [5, 5.41) is 3.05. The van der Waals surface area contributed by atoms with E-state index in [9.17, 15) is 4.79 Å². The van der Waals surface area contributed by atoms with Gasteiger partial charge in [-0.1, -0.05) is 30.3 Å². The Balaban J connectivity index is 1.85. The van der Waals surface area contributed by atoms with Gasteiger partial charge in [0.1, 0.15) is 5.75 Å². The second kappa shape index (κ2) is 6.84. The molecule has 1 aliphatic rings. The lowest BCUT2D eigenvalue weighted by Gasteiger charge is -2.36. The molecule has 4 heteroatoms. The number of hydrogen-bond donors (Lipinski definition) is 1. The first kappa shape index (κ1) is 15.6. The lowest BCUT2D eigenvalue weighted by atomic mass is 9.73. The molecule has 1 saturated heterocycles. The van der Waals surface area contributed by atoms with E-state index < -0.39 is 5.41 Å². The van der Waals surface area contributed by atoms with Crippen LogP contribution >= 0.6 is 0 Å². The quantitative estimate of drug-likeness (QED) is 0.941. The predicted molar refractivity (Wildman–Crippen MR) is 89.8 cm³/mol. The van der Waals surface area contributed by atoms with Gasteiger partial charge >= 0.3 is 0 Å². The van der Waals surface area contributed by atoms with Crippen LogP contribution in [-0.4, -0.2) is 26.2 Å². The summed E-state index contributed by atoms with van der Waals surface area (Å²) in [6.07, 6.45) is 1.39. The molecule has 120 valence electrons. The van der Waals surface area contributed by atoms with Gasteiger partial charge in [-0.3, -0.25) is 4.79 Å². The molecule has 23 heavy (non-hydrogen) atoms. The number of rotatable bonds is 4. The van der Waals surface area contributed by atoms with Crippen LogP contribution in [-0.2, 0) is 14.9 Å². The van der Waals surface area contributed by atoms with Crippen molar-refractivity contribution in [2.24, 2.45) is 0 Å². The van der Waals surface area contributed by atoms with E-state index in [-0.39, 0.29) is 5.91 Å². The lowest BCUT2D eigenvalue weighted by Crippen LogP contribution is -2.44. The highest BCUT2D eigenvalue weighted by Gasteiger charge is 2.41. The fraction of sp³-hybridized carbons (Fsp3) is 0.316. The summed E-state index contributed by atoms with van der Waals surface area (Å²) in [6, 6.07) is 17.4. The Morgan fingerprint density at radius 1 is 1.04 bits per heavy atom. The Morgan fingerprint density at radius 2 is 1.70 bits per heavy atom. The van der Waals surface area contributed by atoms with Crippen molar-refractivity contribution in [3.63, 3.8) is 0 Å². The molecule has 1 fully saturated rings. The van der Waals surface area contributed by atoms with Gasteiger partial charge in [0.2, 0.25) is 5.91 Å². The van der Waals surface area contributed by atoms with Crippen molar-refractivity contribution in [1.29, 1.82) is 0 Å². The van der Waals surface area contributed by atoms with Crippen LogP contribution in [0.5, 0.6) is 5.75 Å². The third-order valence-electron chi connectivity index (χ3n) is 4.46. The largest absolute Gasteiger partial charge is 0.497 e. The number of hydrogen-bond acceptors (Lipinski definition) is 3. The van der Waals surface area contributed by atoms with Gasteiger partial charge < -0.3 is 14.8 Å². The van der Waals surface area contributed by atoms with Gasteiger partial charge in [-0.25, -0.2) is 0 Å². The SMILES string of the molecule is COc1ccc(NC(=O)C2(c3ccccc3)CCOCC2)cc1. The molecule has 0 atom stereocenters. The molecule has 0 spiro atoms. The first-order valence-electron chi connectivity index (χ1n) is 7.83. The Labute approximate surface area is 136 Å². The van der Waals surface area contributed by atoms with Crippen molar-refractivity contribution < 1.29 is 14.3 Å². The van der Waals surface area contributed by atoms with Crippen LogP contribution in [0, 0.1) is 0 Å². The molecule has 4 nitrogen and oxygen atoms in total. The Bertz CT molecular complexity index is 646. The molecule has 0 aliphatic carbocycles. The van der Waals surface area contributed by atoms with Crippen molar-refractivity contribution >= 4 is 11.6 Å². The summed E-state index contributed by atoms with van der Waals surface area (Å²) in [5.74, 6) is 0.795. The number of nitrogens with one attached hydrogen (secondary N) is 1. The first-order chi connectivity index (χ1) is 11.2. The van der Waals surface area contributed by atoms with Crippen LogP contribution in [0.2, 0.25) is 0 Å². The van der Waals surface area contributed by atoms with Crippen LogP contribution in [0.3, 0.4) is 0 Å². The van der Waals surface area contributed by atoms with Gasteiger partial charge in [-0.15, -0.1) is 0 Å². The molecule has 0 aromatic heterocycles. The highest BCUT2D eigenvalue weighted by Crippen LogP contribution is 2.36. The summed E-state index contributed by atoms with van der Waals surface area (Å²) < 4.78 is 10.6. The summed E-state index contributed by atoms with van der Waals surface area (Å²) in [7, 11) is 1.63. The molecule has 2 aromatic carbocycles. The number of amides is 1. The van der Waals surface area contributed by atoms with Crippen LogP contribution in [0.4, 0.5) is 5.69 Å². The third kappa shape index (κ3) is 3.22. The highest BCUT2D eigenvalue weighted by atomic mass is 16.5. The maximum atomic E-state index is 13.0. The number of methoxy groups -OCH3 is 1. The maximum Gasteiger partial charge on any atom is 0.235 e. The third-order valence-corrected chi connectivity index (χ3v) is 4.46. The average molecular weight is 311 g/mol. The second-order valence-electron chi connectivity index (χ2n) is 5.74. The maximum absolute atomic E-state index is 13.0. The van der Waals surface area contributed by atoms with E-state index in [0.717, 1.165) is 17.0 Å². The van der Waals surface area contributed by atoms with Crippen LogP contribution in [0.25, 0.3) is 0 Å². The zero-order valence-corrected chi connectivity index (χ0v) is 13.2. The van der Waals surface area contributed by atoms with Crippen LogP contribution in [0.1, 0.15) is 18.4 Å². The number of benzene rings is 2. The van der Waals surface area contributed by atoms with E-state index in [0.29, 0.717) is 26.1 Å². The molecule has 0 saturated carbocycles. The molecular weight excluding hydrogens is 290 g/mol. The van der Waals surface area contributed by atoms with Crippen LogP contribution < -0.4 is 10.1 Å². The number of anilines is 1. The summed E-state index contributed by atoms with van der Waals surface area (Å²) in [4.78, 5) is 13.0. The van der Waals surface area contributed by atoms with Crippen molar-refractivity contribution in [2.45, 2.75) is 18.3 Å². The van der Waals surface area contributed by atoms with E-state index in [1.165, 1.54) is 0 Å². The minimum atomic E-state index is -0.528. The molecule has 1 N–H and O–H groups in total. The van der Waals surface area contributed by atoms with Gasteiger partial charge in [-0.05, 0) is 42.7 Å². The molecule has 2 aromatic rings. The van der Waals surface area contributed by atoms with Crippen molar-refractivity contribution in [2.75, 3.05) is 25.6 Å². The van der Waals surface area contributed by atoms with E-state index >= 15 is 0 Å². The van der Waals surface area contributed by atoms with Crippen LogP contribution in [0.15, 0.2) is 54.6 Å².